The molecule has 0 bridgehead atoms. The zero-order chi connectivity index (χ0) is 17.3. The standard InChI is InChI=1S/C23H21NS/c1-13(2)14-7-9-18-16(12-14)20-19(25-18)10-8-15-21(20)23(3,4)17-6-5-11-24-22(15)17/h5-13H,1-4H3. The summed E-state index contributed by atoms with van der Waals surface area (Å²) in [6.45, 7) is 9.22. The van der Waals surface area contributed by atoms with Gasteiger partial charge in [-0.1, -0.05) is 45.9 Å². The maximum absolute atomic E-state index is 4.72. The van der Waals surface area contributed by atoms with E-state index in [9.17, 15) is 0 Å². The molecule has 0 N–H and O–H groups in total. The van der Waals surface area contributed by atoms with Gasteiger partial charge in [-0.3, -0.25) is 4.98 Å². The van der Waals surface area contributed by atoms with E-state index in [4.69, 9.17) is 4.98 Å². The fraction of sp³-hybridized carbons (Fsp3) is 0.261. The zero-order valence-corrected chi connectivity index (χ0v) is 15.9. The molecule has 2 aromatic heterocycles. The van der Waals surface area contributed by atoms with Gasteiger partial charge in [0.1, 0.15) is 0 Å². The van der Waals surface area contributed by atoms with E-state index >= 15 is 0 Å². The number of pyridine rings is 1. The summed E-state index contributed by atoms with van der Waals surface area (Å²) in [7, 11) is 0. The summed E-state index contributed by atoms with van der Waals surface area (Å²) in [5, 5.41) is 2.84. The molecule has 0 spiro atoms. The Morgan fingerprint density at radius 1 is 1.00 bits per heavy atom. The predicted molar refractivity (Wildman–Crippen MR) is 109 cm³/mol. The monoisotopic (exact) mass is 343 g/mol. The molecule has 4 aromatic rings. The molecule has 0 unspecified atom stereocenters. The molecule has 0 saturated carbocycles. The Kier molecular flexibility index (Phi) is 2.97. The van der Waals surface area contributed by atoms with E-state index in [0.717, 1.165) is 5.69 Å². The Balaban J connectivity index is 1.95. The van der Waals surface area contributed by atoms with Crippen molar-refractivity contribution in [1.82, 2.24) is 4.98 Å². The van der Waals surface area contributed by atoms with Gasteiger partial charge in [-0.2, -0.15) is 0 Å². The number of hydrogen-bond acceptors (Lipinski definition) is 2. The quantitative estimate of drug-likeness (QED) is 0.367. The summed E-state index contributed by atoms with van der Waals surface area (Å²) in [6, 6.07) is 15.9. The van der Waals surface area contributed by atoms with Gasteiger partial charge >= 0.3 is 0 Å². The molecule has 0 fully saturated rings. The van der Waals surface area contributed by atoms with E-state index in [2.05, 4.69) is 70.2 Å². The third-order valence-electron chi connectivity index (χ3n) is 5.69. The van der Waals surface area contributed by atoms with Crippen LogP contribution in [0.15, 0.2) is 48.7 Å². The summed E-state index contributed by atoms with van der Waals surface area (Å²) >= 11 is 1.91. The van der Waals surface area contributed by atoms with Crippen molar-refractivity contribution in [1.29, 1.82) is 0 Å². The van der Waals surface area contributed by atoms with Gasteiger partial charge in [0.2, 0.25) is 0 Å². The highest BCUT2D eigenvalue weighted by atomic mass is 32.1. The minimum atomic E-state index is -0.0136. The van der Waals surface area contributed by atoms with Gasteiger partial charge in [0, 0.05) is 37.3 Å². The lowest BCUT2D eigenvalue weighted by atomic mass is 9.80. The summed E-state index contributed by atoms with van der Waals surface area (Å²) in [5.41, 5.74) is 6.66. The molecule has 0 saturated heterocycles. The van der Waals surface area contributed by atoms with E-state index in [1.165, 1.54) is 42.4 Å². The molecule has 1 aliphatic rings. The lowest BCUT2D eigenvalue weighted by Gasteiger charge is -2.22. The third kappa shape index (κ3) is 1.92. The number of hydrogen-bond donors (Lipinski definition) is 0. The molecule has 0 radical (unpaired) electrons. The Morgan fingerprint density at radius 2 is 1.80 bits per heavy atom. The van der Waals surface area contributed by atoms with E-state index < -0.39 is 0 Å². The van der Waals surface area contributed by atoms with Crippen LogP contribution >= 0.6 is 11.3 Å². The fourth-order valence-electron chi connectivity index (χ4n) is 4.35. The van der Waals surface area contributed by atoms with Crippen LogP contribution in [0.4, 0.5) is 0 Å². The van der Waals surface area contributed by atoms with Gasteiger partial charge in [0.25, 0.3) is 0 Å². The average molecular weight is 343 g/mol. The van der Waals surface area contributed by atoms with E-state index in [1.54, 1.807) is 0 Å². The van der Waals surface area contributed by atoms with Crippen molar-refractivity contribution in [3.8, 4) is 11.3 Å². The van der Waals surface area contributed by atoms with Gasteiger partial charge in [0.15, 0.2) is 0 Å². The van der Waals surface area contributed by atoms with Gasteiger partial charge in [-0.15, -0.1) is 11.3 Å². The van der Waals surface area contributed by atoms with Crippen LogP contribution in [0.2, 0.25) is 0 Å². The van der Waals surface area contributed by atoms with E-state index in [0.29, 0.717) is 5.92 Å². The molecule has 2 heterocycles. The largest absolute Gasteiger partial charge is 0.256 e. The van der Waals surface area contributed by atoms with Crippen molar-refractivity contribution in [2.75, 3.05) is 0 Å². The maximum atomic E-state index is 4.72. The SMILES string of the molecule is CC(C)c1ccc2sc3ccc4c(c3c2c1)C(C)(C)c1cccnc1-4. The predicted octanol–water partition coefficient (Wildman–Crippen LogP) is 6.88. The Bertz CT molecular complexity index is 1150. The zero-order valence-electron chi connectivity index (χ0n) is 15.1. The molecule has 2 heteroatoms. The third-order valence-corrected chi connectivity index (χ3v) is 6.82. The van der Waals surface area contributed by atoms with Crippen LogP contribution < -0.4 is 0 Å². The summed E-state index contributed by atoms with van der Waals surface area (Å²) in [4.78, 5) is 4.72. The number of fused-ring (bicyclic) bond motifs is 7. The molecule has 25 heavy (non-hydrogen) atoms. The van der Waals surface area contributed by atoms with Crippen LogP contribution in [0.5, 0.6) is 0 Å². The Hall–Kier alpha value is -2.19. The van der Waals surface area contributed by atoms with Crippen LogP contribution in [-0.2, 0) is 5.41 Å². The molecule has 1 nitrogen and oxygen atoms in total. The second kappa shape index (κ2) is 4.92. The van der Waals surface area contributed by atoms with Gasteiger partial charge in [0.05, 0.1) is 5.69 Å². The molecule has 124 valence electrons. The first-order valence-electron chi connectivity index (χ1n) is 8.94. The first kappa shape index (κ1) is 15.1. The summed E-state index contributed by atoms with van der Waals surface area (Å²) < 4.78 is 2.77. The van der Waals surface area contributed by atoms with Crippen LogP contribution in [0, 0.1) is 0 Å². The van der Waals surface area contributed by atoms with Crippen molar-refractivity contribution in [3.05, 3.63) is 65.4 Å². The lowest BCUT2D eigenvalue weighted by Crippen LogP contribution is -2.15. The number of nitrogens with zero attached hydrogens (tertiary/aromatic N) is 1. The molecule has 5 rings (SSSR count). The van der Waals surface area contributed by atoms with Crippen LogP contribution in [-0.4, -0.2) is 4.98 Å². The Morgan fingerprint density at radius 3 is 2.60 bits per heavy atom. The van der Waals surface area contributed by atoms with Crippen LogP contribution in [0.1, 0.15) is 50.3 Å². The minimum absolute atomic E-state index is 0.0136. The van der Waals surface area contributed by atoms with Crippen molar-refractivity contribution < 1.29 is 0 Å². The maximum Gasteiger partial charge on any atom is 0.0746 e. The topological polar surface area (TPSA) is 12.9 Å². The van der Waals surface area contributed by atoms with Gasteiger partial charge < -0.3 is 0 Å². The molecular formula is C23H21NS. The van der Waals surface area contributed by atoms with E-state index in [1.807, 2.05) is 17.5 Å². The summed E-state index contributed by atoms with van der Waals surface area (Å²) in [6.07, 6.45) is 1.91. The number of benzene rings is 2. The number of thiophene rings is 1. The van der Waals surface area contributed by atoms with Crippen molar-refractivity contribution in [3.63, 3.8) is 0 Å². The molecule has 1 aliphatic carbocycles. The highest BCUT2D eigenvalue weighted by molar-refractivity contribution is 7.25. The summed E-state index contributed by atoms with van der Waals surface area (Å²) in [5.74, 6) is 0.544. The highest BCUT2D eigenvalue weighted by Gasteiger charge is 2.38. The van der Waals surface area contributed by atoms with Crippen molar-refractivity contribution in [2.24, 2.45) is 0 Å². The number of aromatic nitrogens is 1. The lowest BCUT2D eigenvalue weighted by molar-refractivity contribution is 0.665. The van der Waals surface area contributed by atoms with Crippen LogP contribution in [0.25, 0.3) is 31.4 Å². The molecule has 0 aliphatic heterocycles. The van der Waals surface area contributed by atoms with Crippen molar-refractivity contribution >= 4 is 31.5 Å². The Labute approximate surface area is 152 Å². The number of rotatable bonds is 1. The van der Waals surface area contributed by atoms with Gasteiger partial charge in [-0.05, 0) is 46.9 Å². The van der Waals surface area contributed by atoms with E-state index in [-0.39, 0.29) is 5.41 Å². The first-order chi connectivity index (χ1) is 12.0. The van der Waals surface area contributed by atoms with Gasteiger partial charge in [-0.25, -0.2) is 0 Å². The second-order valence-electron chi connectivity index (χ2n) is 7.90. The first-order valence-corrected chi connectivity index (χ1v) is 9.75. The fourth-order valence-corrected chi connectivity index (χ4v) is 5.45. The molecule has 0 amide bonds. The minimum Gasteiger partial charge on any atom is -0.256 e. The second-order valence-corrected chi connectivity index (χ2v) is 8.98. The molecule has 2 aromatic carbocycles. The highest BCUT2D eigenvalue weighted by Crippen LogP contribution is 2.53. The molecule has 0 atom stereocenters. The molecular weight excluding hydrogens is 322 g/mol. The van der Waals surface area contributed by atoms with Crippen LogP contribution in [0.3, 0.4) is 0 Å². The normalized spacial score (nSPS) is 15.1. The average Bonchev–Trinajstić information content (AvgIpc) is 3.08. The van der Waals surface area contributed by atoms with Crippen molar-refractivity contribution in [2.45, 2.75) is 39.0 Å². The smallest absolute Gasteiger partial charge is 0.0746 e.